The van der Waals surface area contributed by atoms with E-state index < -0.39 is 0 Å². The van der Waals surface area contributed by atoms with Gasteiger partial charge in [-0.25, -0.2) is 0 Å². The van der Waals surface area contributed by atoms with Crippen molar-refractivity contribution in [2.45, 2.75) is 32.4 Å². The van der Waals surface area contributed by atoms with Crippen LogP contribution < -0.4 is 5.56 Å². The predicted molar refractivity (Wildman–Crippen MR) is 111 cm³/mol. The first kappa shape index (κ1) is 17.0. The largest absolute Gasteiger partial charge is 0.311 e. The van der Waals surface area contributed by atoms with E-state index in [0.717, 1.165) is 42.9 Å². The summed E-state index contributed by atoms with van der Waals surface area (Å²) in [5.74, 6) is 1.04. The summed E-state index contributed by atoms with van der Waals surface area (Å²) in [7, 11) is 0. The average molecular weight is 377 g/mol. The van der Waals surface area contributed by atoms with E-state index in [0.29, 0.717) is 11.8 Å². The lowest BCUT2D eigenvalue weighted by atomic mass is 9.82. The molecule has 4 heteroatoms. The molecule has 1 aromatic carbocycles. The molecule has 1 saturated heterocycles. The van der Waals surface area contributed by atoms with Gasteiger partial charge in [-0.1, -0.05) is 30.3 Å². The topological polar surface area (TPSA) is 25.2 Å². The lowest BCUT2D eigenvalue weighted by Gasteiger charge is -2.42. The van der Waals surface area contributed by atoms with E-state index in [1.807, 2.05) is 23.5 Å². The highest BCUT2D eigenvalue weighted by Gasteiger charge is 2.35. The first-order valence-electron chi connectivity index (χ1n) is 9.73. The Hall–Kier alpha value is -2.17. The lowest BCUT2D eigenvalue weighted by Crippen LogP contribution is -2.46. The van der Waals surface area contributed by atoms with Crippen molar-refractivity contribution in [3.63, 3.8) is 0 Å². The number of rotatable bonds is 3. The Bertz CT molecular complexity index is 1020. The third kappa shape index (κ3) is 3.07. The summed E-state index contributed by atoms with van der Waals surface area (Å²) in [6.45, 7) is 6.12. The van der Waals surface area contributed by atoms with Crippen LogP contribution in [0.4, 0.5) is 0 Å². The first-order valence-corrected chi connectivity index (χ1v) is 10.6. The Morgan fingerprint density at radius 2 is 1.89 bits per heavy atom. The molecular formula is C23H24N2OS. The third-order valence-corrected chi connectivity index (χ3v) is 6.94. The van der Waals surface area contributed by atoms with Crippen LogP contribution in [0.15, 0.2) is 58.7 Å². The van der Waals surface area contributed by atoms with E-state index in [9.17, 15) is 4.79 Å². The van der Waals surface area contributed by atoms with Crippen LogP contribution in [-0.4, -0.2) is 22.6 Å². The van der Waals surface area contributed by atoms with Crippen LogP contribution in [0.1, 0.15) is 28.5 Å². The number of likely N-dealkylation sites (tertiary alicyclic amines) is 1. The molecule has 0 radical (unpaired) electrons. The van der Waals surface area contributed by atoms with Gasteiger partial charge in [-0.05, 0) is 54.0 Å². The molecule has 0 saturated carbocycles. The number of aryl methyl sites for hydroxylation is 1. The van der Waals surface area contributed by atoms with Gasteiger partial charge in [0.2, 0.25) is 0 Å². The highest BCUT2D eigenvalue weighted by atomic mass is 32.1. The normalized spacial score (nSPS) is 21.8. The van der Waals surface area contributed by atoms with Crippen LogP contribution in [0.25, 0.3) is 11.1 Å². The van der Waals surface area contributed by atoms with Gasteiger partial charge in [-0.2, -0.15) is 0 Å². The van der Waals surface area contributed by atoms with Crippen LogP contribution in [-0.2, 0) is 13.1 Å². The second kappa shape index (κ2) is 6.77. The van der Waals surface area contributed by atoms with Gasteiger partial charge in [0.1, 0.15) is 0 Å². The maximum absolute atomic E-state index is 13.3. The van der Waals surface area contributed by atoms with Gasteiger partial charge in [-0.15, -0.1) is 11.3 Å². The molecule has 138 valence electrons. The standard InChI is InChI=1S/C23H24N2OS/c1-16-5-2-3-7-20(16)21-8-9-22-18-11-17(13-25(22)23(21)26)12-24(14-18)15-19-6-4-10-27-19/h2-10,17-18H,11-15H2,1H3/t17-,18-/m1/s1. The molecule has 27 heavy (non-hydrogen) atoms. The number of hydrogen-bond acceptors (Lipinski definition) is 3. The smallest absolute Gasteiger partial charge is 0.258 e. The molecule has 0 amide bonds. The number of benzene rings is 1. The molecule has 2 aromatic heterocycles. The molecule has 2 aliphatic rings. The van der Waals surface area contributed by atoms with Crippen LogP contribution in [0.5, 0.6) is 0 Å². The van der Waals surface area contributed by atoms with Crippen molar-refractivity contribution in [2.24, 2.45) is 5.92 Å². The van der Waals surface area contributed by atoms with Crippen molar-refractivity contribution in [1.29, 1.82) is 0 Å². The summed E-state index contributed by atoms with van der Waals surface area (Å²) in [4.78, 5) is 17.3. The van der Waals surface area contributed by atoms with Crippen molar-refractivity contribution in [3.8, 4) is 11.1 Å². The molecule has 2 aliphatic heterocycles. The number of pyridine rings is 1. The zero-order chi connectivity index (χ0) is 18.4. The number of fused-ring (bicyclic) bond motifs is 4. The summed E-state index contributed by atoms with van der Waals surface area (Å²) in [6.07, 6.45) is 1.21. The summed E-state index contributed by atoms with van der Waals surface area (Å²) in [5.41, 5.74) is 4.47. The van der Waals surface area contributed by atoms with Crippen LogP contribution in [0.2, 0.25) is 0 Å². The Labute approximate surface area is 163 Å². The van der Waals surface area contributed by atoms with Gasteiger partial charge < -0.3 is 4.57 Å². The monoisotopic (exact) mass is 376 g/mol. The first-order chi connectivity index (χ1) is 13.2. The van der Waals surface area contributed by atoms with E-state index >= 15 is 0 Å². The van der Waals surface area contributed by atoms with Gasteiger partial charge in [0.05, 0.1) is 0 Å². The molecule has 0 unspecified atom stereocenters. The van der Waals surface area contributed by atoms with Crippen molar-refractivity contribution in [1.82, 2.24) is 9.47 Å². The summed E-state index contributed by atoms with van der Waals surface area (Å²) in [5, 5.41) is 2.15. The van der Waals surface area contributed by atoms with Gasteiger partial charge in [0, 0.05) is 48.2 Å². The highest BCUT2D eigenvalue weighted by Crippen LogP contribution is 2.36. The molecule has 2 bridgehead atoms. The van der Waals surface area contributed by atoms with E-state index in [4.69, 9.17) is 0 Å². The Balaban J connectivity index is 1.48. The molecule has 0 aliphatic carbocycles. The van der Waals surface area contributed by atoms with Gasteiger partial charge >= 0.3 is 0 Å². The molecule has 3 aromatic rings. The van der Waals surface area contributed by atoms with E-state index in [2.05, 4.69) is 58.2 Å². The van der Waals surface area contributed by atoms with Gasteiger partial charge in [0.25, 0.3) is 5.56 Å². The highest BCUT2D eigenvalue weighted by molar-refractivity contribution is 7.09. The van der Waals surface area contributed by atoms with Gasteiger partial charge in [-0.3, -0.25) is 9.69 Å². The van der Waals surface area contributed by atoms with Crippen molar-refractivity contribution < 1.29 is 0 Å². The minimum atomic E-state index is 0.184. The molecule has 0 N–H and O–H groups in total. The number of aromatic nitrogens is 1. The molecule has 3 nitrogen and oxygen atoms in total. The molecule has 2 atom stereocenters. The van der Waals surface area contributed by atoms with E-state index in [1.54, 1.807) is 0 Å². The van der Waals surface area contributed by atoms with Crippen LogP contribution in [0.3, 0.4) is 0 Å². The molecular weight excluding hydrogens is 352 g/mol. The SMILES string of the molecule is Cc1ccccc1-c1ccc2n(c1=O)C[C@@H]1C[C@@H]2CN(Cc2cccs2)C1. The van der Waals surface area contributed by atoms with Crippen LogP contribution in [0, 0.1) is 12.8 Å². The lowest BCUT2D eigenvalue weighted by molar-refractivity contribution is 0.115. The summed E-state index contributed by atoms with van der Waals surface area (Å²) >= 11 is 1.84. The number of thiophene rings is 1. The number of piperidine rings is 1. The Morgan fingerprint density at radius 3 is 2.70 bits per heavy atom. The maximum Gasteiger partial charge on any atom is 0.258 e. The van der Waals surface area contributed by atoms with E-state index in [1.165, 1.54) is 17.0 Å². The van der Waals surface area contributed by atoms with Crippen molar-refractivity contribution >= 4 is 11.3 Å². The second-order valence-corrected chi connectivity index (χ2v) is 9.01. The molecule has 1 fully saturated rings. The summed E-state index contributed by atoms with van der Waals surface area (Å²) < 4.78 is 2.07. The minimum absolute atomic E-state index is 0.184. The quantitative estimate of drug-likeness (QED) is 0.672. The number of nitrogens with zero attached hydrogens (tertiary/aromatic N) is 2. The van der Waals surface area contributed by atoms with Crippen LogP contribution >= 0.6 is 11.3 Å². The molecule has 4 heterocycles. The van der Waals surface area contributed by atoms with Crippen molar-refractivity contribution in [2.75, 3.05) is 13.1 Å². The zero-order valence-corrected chi connectivity index (χ0v) is 16.4. The average Bonchev–Trinajstić information content (AvgIpc) is 3.16. The fourth-order valence-electron chi connectivity index (χ4n) is 4.88. The number of hydrogen-bond donors (Lipinski definition) is 0. The third-order valence-electron chi connectivity index (χ3n) is 6.07. The van der Waals surface area contributed by atoms with E-state index in [-0.39, 0.29) is 5.56 Å². The minimum Gasteiger partial charge on any atom is -0.311 e. The molecule has 5 rings (SSSR count). The van der Waals surface area contributed by atoms with Gasteiger partial charge in [0.15, 0.2) is 0 Å². The molecule has 0 spiro atoms. The summed E-state index contributed by atoms with van der Waals surface area (Å²) in [6, 6.07) is 16.8. The second-order valence-electron chi connectivity index (χ2n) is 7.97. The fraction of sp³-hybridized carbons (Fsp3) is 0.348. The predicted octanol–water partition coefficient (Wildman–Crippen LogP) is 4.50. The van der Waals surface area contributed by atoms with Crippen molar-refractivity contribution in [3.05, 3.63) is 80.4 Å². The Morgan fingerprint density at radius 1 is 1.00 bits per heavy atom. The Kier molecular flexibility index (Phi) is 4.25. The maximum atomic E-state index is 13.3. The zero-order valence-electron chi connectivity index (χ0n) is 15.6. The fourth-order valence-corrected chi connectivity index (χ4v) is 5.62.